The molecule has 1 aliphatic heterocycles. The standard InChI is InChI=1S/C15H22N2O2/c1-16(2)11-12-3-5-14(6-4-12)17-9-7-13(8-10-17)15(18)19/h3-6,13H,7-11H2,1-2H3,(H,18,19). The highest BCUT2D eigenvalue weighted by Gasteiger charge is 2.24. The first kappa shape index (κ1) is 13.9. The van der Waals surface area contributed by atoms with Gasteiger partial charge in [0, 0.05) is 25.3 Å². The molecule has 104 valence electrons. The molecule has 0 spiro atoms. The Morgan fingerprint density at radius 3 is 2.32 bits per heavy atom. The molecule has 1 N–H and O–H groups in total. The minimum Gasteiger partial charge on any atom is -0.481 e. The molecule has 1 heterocycles. The van der Waals surface area contributed by atoms with Crippen LogP contribution in [0.5, 0.6) is 0 Å². The Balaban J connectivity index is 1.94. The summed E-state index contributed by atoms with van der Waals surface area (Å²) in [7, 11) is 4.12. The van der Waals surface area contributed by atoms with E-state index in [-0.39, 0.29) is 5.92 Å². The average molecular weight is 262 g/mol. The van der Waals surface area contributed by atoms with Crippen molar-refractivity contribution in [2.45, 2.75) is 19.4 Å². The number of piperidine rings is 1. The van der Waals surface area contributed by atoms with Gasteiger partial charge in [0.05, 0.1) is 5.92 Å². The molecule has 0 unspecified atom stereocenters. The highest BCUT2D eigenvalue weighted by molar-refractivity contribution is 5.70. The van der Waals surface area contributed by atoms with E-state index in [2.05, 4.69) is 48.2 Å². The van der Waals surface area contributed by atoms with Gasteiger partial charge in [-0.1, -0.05) is 12.1 Å². The molecule has 2 rings (SSSR count). The first-order valence-corrected chi connectivity index (χ1v) is 6.77. The molecule has 0 amide bonds. The molecule has 0 bridgehead atoms. The van der Waals surface area contributed by atoms with E-state index in [9.17, 15) is 4.79 Å². The van der Waals surface area contributed by atoms with E-state index in [1.807, 2.05) is 0 Å². The van der Waals surface area contributed by atoms with Gasteiger partial charge in [-0.3, -0.25) is 4.79 Å². The van der Waals surface area contributed by atoms with Crippen molar-refractivity contribution in [2.24, 2.45) is 5.92 Å². The van der Waals surface area contributed by atoms with Gasteiger partial charge in [-0.25, -0.2) is 0 Å². The van der Waals surface area contributed by atoms with Gasteiger partial charge in [0.2, 0.25) is 0 Å². The van der Waals surface area contributed by atoms with E-state index in [1.165, 1.54) is 11.3 Å². The topological polar surface area (TPSA) is 43.8 Å². The monoisotopic (exact) mass is 262 g/mol. The summed E-state index contributed by atoms with van der Waals surface area (Å²) in [6, 6.07) is 8.58. The Labute approximate surface area is 114 Å². The van der Waals surface area contributed by atoms with Gasteiger partial charge >= 0.3 is 5.97 Å². The molecule has 0 aliphatic carbocycles. The largest absolute Gasteiger partial charge is 0.481 e. The number of carboxylic acid groups (broad SMARTS) is 1. The molecule has 1 aromatic rings. The van der Waals surface area contributed by atoms with E-state index >= 15 is 0 Å². The van der Waals surface area contributed by atoms with Gasteiger partial charge in [-0.2, -0.15) is 0 Å². The van der Waals surface area contributed by atoms with Crippen LogP contribution in [0.15, 0.2) is 24.3 Å². The lowest BCUT2D eigenvalue weighted by atomic mass is 9.96. The van der Waals surface area contributed by atoms with Crippen LogP contribution in [0.4, 0.5) is 5.69 Å². The molecule has 1 fully saturated rings. The number of anilines is 1. The highest BCUT2D eigenvalue weighted by atomic mass is 16.4. The predicted molar refractivity (Wildman–Crippen MR) is 76.4 cm³/mol. The maximum absolute atomic E-state index is 10.9. The van der Waals surface area contributed by atoms with Crippen LogP contribution in [-0.2, 0) is 11.3 Å². The fourth-order valence-corrected chi connectivity index (χ4v) is 2.56. The Morgan fingerprint density at radius 1 is 1.26 bits per heavy atom. The first-order valence-electron chi connectivity index (χ1n) is 6.77. The Morgan fingerprint density at radius 2 is 1.84 bits per heavy atom. The SMILES string of the molecule is CN(C)Cc1ccc(N2CCC(C(=O)O)CC2)cc1. The summed E-state index contributed by atoms with van der Waals surface area (Å²) in [5, 5.41) is 8.99. The minimum absolute atomic E-state index is 0.163. The zero-order valence-electron chi connectivity index (χ0n) is 11.7. The number of rotatable bonds is 4. The van der Waals surface area contributed by atoms with Gasteiger partial charge < -0.3 is 14.9 Å². The van der Waals surface area contributed by atoms with Crippen LogP contribution in [0.3, 0.4) is 0 Å². The lowest BCUT2D eigenvalue weighted by Crippen LogP contribution is -2.36. The van der Waals surface area contributed by atoms with E-state index in [0.717, 1.165) is 32.5 Å². The van der Waals surface area contributed by atoms with Crippen LogP contribution in [0.1, 0.15) is 18.4 Å². The summed E-state index contributed by atoms with van der Waals surface area (Å²) >= 11 is 0. The molecule has 4 nitrogen and oxygen atoms in total. The zero-order valence-corrected chi connectivity index (χ0v) is 11.7. The number of carbonyl (C=O) groups is 1. The third-order valence-corrected chi connectivity index (χ3v) is 3.64. The van der Waals surface area contributed by atoms with Crippen LogP contribution in [-0.4, -0.2) is 43.2 Å². The first-order chi connectivity index (χ1) is 9.06. The second-order valence-electron chi connectivity index (χ2n) is 5.50. The maximum atomic E-state index is 10.9. The summed E-state index contributed by atoms with van der Waals surface area (Å²) in [5.74, 6) is -0.815. The van der Waals surface area contributed by atoms with Gasteiger partial charge in [0.1, 0.15) is 0 Å². The van der Waals surface area contributed by atoms with Crippen molar-refractivity contribution < 1.29 is 9.90 Å². The Hall–Kier alpha value is -1.55. The second-order valence-corrected chi connectivity index (χ2v) is 5.50. The van der Waals surface area contributed by atoms with E-state index in [0.29, 0.717) is 0 Å². The highest BCUT2D eigenvalue weighted by Crippen LogP contribution is 2.23. The fourth-order valence-electron chi connectivity index (χ4n) is 2.56. The molecule has 4 heteroatoms. The van der Waals surface area contributed by atoms with Gasteiger partial charge in [0.25, 0.3) is 0 Å². The maximum Gasteiger partial charge on any atom is 0.306 e. The molecular weight excluding hydrogens is 240 g/mol. The van der Waals surface area contributed by atoms with Crippen molar-refractivity contribution >= 4 is 11.7 Å². The predicted octanol–water partition coefficient (Wildman–Crippen LogP) is 2.05. The van der Waals surface area contributed by atoms with E-state index in [4.69, 9.17) is 5.11 Å². The van der Waals surface area contributed by atoms with E-state index < -0.39 is 5.97 Å². The molecule has 0 atom stereocenters. The van der Waals surface area contributed by atoms with Gasteiger partial charge in [-0.15, -0.1) is 0 Å². The number of aliphatic carboxylic acids is 1. The molecule has 1 aromatic carbocycles. The lowest BCUT2D eigenvalue weighted by molar-refractivity contribution is -0.142. The molecular formula is C15H22N2O2. The van der Waals surface area contributed by atoms with Crippen LogP contribution in [0.25, 0.3) is 0 Å². The number of nitrogens with zero attached hydrogens (tertiary/aromatic N) is 2. The summed E-state index contributed by atoms with van der Waals surface area (Å²) in [5.41, 5.74) is 2.50. The smallest absolute Gasteiger partial charge is 0.306 e. The second kappa shape index (κ2) is 6.06. The van der Waals surface area contributed by atoms with Crippen LogP contribution >= 0.6 is 0 Å². The summed E-state index contributed by atoms with van der Waals surface area (Å²) in [4.78, 5) is 15.3. The third-order valence-electron chi connectivity index (χ3n) is 3.64. The van der Waals surface area contributed by atoms with Crippen LogP contribution < -0.4 is 4.90 Å². The van der Waals surface area contributed by atoms with Crippen molar-refractivity contribution in [1.82, 2.24) is 4.90 Å². The Kier molecular flexibility index (Phi) is 4.43. The van der Waals surface area contributed by atoms with Crippen molar-refractivity contribution in [3.8, 4) is 0 Å². The number of hydrogen-bond acceptors (Lipinski definition) is 3. The van der Waals surface area contributed by atoms with Crippen molar-refractivity contribution in [2.75, 3.05) is 32.1 Å². The minimum atomic E-state index is -0.652. The van der Waals surface area contributed by atoms with Crippen LogP contribution in [0.2, 0.25) is 0 Å². The summed E-state index contributed by atoms with van der Waals surface area (Å²) in [6.45, 7) is 2.62. The summed E-state index contributed by atoms with van der Waals surface area (Å²) < 4.78 is 0. The molecule has 0 aromatic heterocycles. The number of hydrogen-bond donors (Lipinski definition) is 1. The van der Waals surface area contributed by atoms with E-state index in [1.54, 1.807) is 0 Å². The molecule has 19 heavy (non-hydrogen) atoms. The van der Waals surface area contributed by atoms with Crippen molar-refractivity contribution in [3.63, 3.8) is 0 Å². The molecule has 1 saturated heterocycles. The normalized spacial score (nSPS) is 16.9. The van der Waals surface area contributed by atoms with Gasteiger partial charge in [-0.05, 0) is 44.6 Å². The van der Waals surface area contributed by atoms with Crippen molar-refractivity contribution in [1.29, 1.82) is 0 Å². The van der Waals surface area contributed by atoms with Crippen LogP contribution in [0, 0.1) is 5.92 Å². The molecule has 1 aliphatic rings. The molecule has 0 saturated carbocycles. The fraction of sp³-hybridized carbons (Fsp3) is 0.533. The number of benzene rings is 1. The van der Waals surface area contributed by atoms with Crippen molar-refractivity contribution in [3.05, 3.63) is 29.8 Å². The number of carboxylic acids is 1. The lowest BCUT2D eigenvalue weighted by Gasteiger charge is -2.32. The molecule has 0 radical (unpaired) electrons. The van der Waals surface area contributed by atoms with Gasteiger partial charge in [0.15, 0.2) is 0 Å². The average Bonchev–Trinajstić information content (AvgIpc) is 2.39. The quantitative estimate of drug-likeness (QED) is 0.902. The third kappa shape index (κ3) is 3.70. The zero-order chi connectivity index (χ0) is 13.8. The summed E-state index contributed by atoms with van der Waals surface area (Å²) in [6.07, 6.45) is 1.49. The Bertz CT molecular complexity index is 420.